The summed E-state index contributed by atoms with van der Waals surface area (Å²) in [4.78, 5) is 0. The maximum Gasteiger partial charge on any atom is 0.211 e. The fourth-order valence-electron chi connectivity index (χ4n) is 1.72. The first-order chi connectivity index (χ1) is 8.39. The number of hydrogen-bond acceptors (Lipinski definition) is 4. The maximum absolute atomic E-state index is 11.8. The summed E-state index contributed by atoms with van der Waals surface area (Å²) in [6.45, 7) is 1.65. The number of rotatable bonds is 7. The van der Waals surface area contributed by atoms with Gasteiger partial charge in [0.1, 0.15) is 5.60 Å². The molecule has 2 N–H and O–H groups in total. The monoisotopic (exact) mass is 289 g/mol. The Bertz CT molecular complexity index is 475. The van der Waals surface area contributed by atoms with Crippen LogP contribution in [0.25, 0.3) is 0 Å². The van der Waals surface area contributed by atoms with Gasteiger partial charge < -0.3 is 5.11 Å². The molecule has 1 aromatic heterocycles. The van der Waals surface area contributed by atoms with E-state index in [0.717, 1.165) is 24.8 Å². The average Bonchev–Trinajstić information content (AvgIpc) is 2.96. The number of sulfonamides is 1. The first-order valence-electron chi connectivity index (χ1n) is 6.11. The van der Waals surface area contributed by atoms with E-state index >= 15 is 0 Å². The summed E-state index contributed by atoms with van der Waals surface area (Å²) >= 11 is 1.49. The molecule has 1 fully saturated rings. The minimum Gasteiger partial charge on any atom is -0.384 e. The van der Waals surface area contributed by atoms with Crippen LogP contribution in [0.4, 0.5) is 0 Å². The maximum atomic E-state index is 11.8. The molecule has 0 aliphatic heterocycles. The van der Waals surface area contributed by atoms with Gasteiger partial charge in [-0.3, -0.25) is 0 Å². The third-order valence-electron chi connectivity index (χ3n) is 3.27. The summed E-state index contributed by atoms with van der Waals surface area (Å²) in [5, 5.41) is 13.9. The van der Waals surface area contributed by atoms with Crippen molar-refractivity contribution in [3.05, 3.63) is 22.4 Å². The summed E-state index contributed by atoms with van der Waals surface area (Å²) in [5.74, 6) is 0.760. The molecule has 0 aromatic carbocycles. The quantitative estimate of drug-likeness (QED) is 0.802. The van der Waals surface area contributed by atoms with E-state index in [1.54, 1.807) is 6.92 Å². The number of aliphatic hydroxyl groups is 1. The van der Waals surface area contributed by atoms with E-state index < -0.39 is 15.6 Å². The molecule has 1 aliphatic carbocycles. The van der Waals surface area contributed by atoms with Crippen molar-refractivity contribution in [2.24, 2.45) is 5.92 Å². The lowest BCUT2D eigenvalue weighted by Gasteiger charge is -2.22. The molecule has 4 nitrogen and oxygen atoms in total. The highest BCUT2D eigenvalue weighted by atomic mass is 32.2. The van der Waals surface area contributed by atoms with Crippen LogP contribution in [0, 0.1) is 5.92 Å². The van der Waals surface area contributed by atoms with Crippen LogP contribution in [-0.2, 0) is 15.6 Å². The van der Waals surface area contributed by atoms with Crippen molar-refractivity contribution >= 4 is 21.4 Å². The SMILES string of the molecule is CC(O)(CNS(=O)(=O)CCC1CC1)c1ccsc1. The fourth-order valence-corrected chi connectivity index (χ4v) is 3.80. The largest absolute Gasteiger partial charge is 0.384 e. The lowest BCUT2D eigenvalue weighted by atomic mass is 10.0. The molecular formula is C12H19NO3S2. The number of thiophene rings is 1. The zero-order valence-corrected chi connectivity index (χ0v) is 12.1. The third-order valence-corrected chi connectivity index (χ3v) is 5.31. The Balaban J connectivity index is 1.85. The van der Waals surface area contributed by atoms with Crippen LogP contribution in [0.15, 0.2) is 16.8 Å². The van der Waals surface area contributed by atoms with Crippen LogP contribution in [-0.4, -0.2) is 25.8 Å². The first-order valence-corrected chi connectivity index (χ1v) is 8.71. The minimum atomic E-state index is -3.27. The second-order valence-electron chi connectivity index (χ2n) is 5.16. The van der Waals surface area contributed by atoms with E-state index in [9.17, 15) is 13.5 Å². The zero-order valence-electron chi connectivity index (χ0n) is 10.4. The van der Waals surface area contributed by atoms with Crippen molar-refractivity contribution in [2.45, 2.75) is 31.8 Å². The van der Waals surface area contributed by atoms with Crippen LogP contribution >= 0.6 is 11.3 Å². The predicted octanol–water partition coefficient (Wildman–Crippen LogP) is 1.68. The Morgan fingerprint density at radius 2 is 2.28 bits per heavy atom. The normalized spacial score (nSPS) is 19.7. The second-order valence-corrected chi connectivity index (χ2v) is 7.86. The summed E-state index contributed by atoms with van der Waals surface area (Å²) in [6.07, 6.45) is 3.04. The van der Waals surface area contributed by atoms with Crippen LogP contribution in [0.1, 0.15) is 31.7 Å². The van der Waals surface area contributed by atoms with Gasteiger partial charge in [-0.2, -0.15) is 11.3 Å². The Kier molecular flexibility index (Phi) is 4.11. The minimum absolute atomic E-state index is 0.0245. The molecule has 0 saturated heterocycles. The molecule has 2 rings (SSSR count). The molecule has 18 heavy (non-hydrogen) atoms. The van der Waals surface area contributed by atoms with Gasteiger partial charge in [0.2, 0.25) is 10.0 Å². The molecule has 1 heterocycles. The molecule has 0 radical (unpaired) electrons. The van der Waals surface area contributed by atoms with Crippen LogP contribution in [0.2, 0.25) is 0 Å². The van der Waals surface area contributed by atoms with E-state index in [-0.39, 0.29) is 12.3 Å². The highest BCUT2D eigenvalue weighted by molar-refractivity contribution is 7.89. The fraction of sp³-hybridized carbons (Fsp3) is 0.667. The zero-order chi connectivity index (χ0) is 13.2. The molecule has 1 aromatic rings. The highest BCUT2D eigenvalue weighted by Crippen LogP contribution is 2.32. The first kappa shape index (κ1) is 14.0. The van der Waals surface area contributed by atoms with Crippen LogP contribution in [0.3, 0.4) is 0 Å². The molecule has 0 amide bonds. The van der Waals surface area contributed by atoms with Gasteiger partial charge in [-0.05, 0) is 41.7 Å². The Morgan fingerprint density at radius 3 is 2.83 bits per heavy atom. The summed E-state index contributed by atoms with van der Waals surface area (Å²) in [6, 6.07) is 1.81. The summed E-state index contributed by atoms with van der Waals surface area (Å²) in [7, 11) is -3.27. The molecule has 0 bridgehead atoms. The van der Waals surface area contributed by atoms with Crippen molar-refractivity contribution in [2.75, 3.05) is 12.3 Å². The predicted molar refractivity (Wildman–Crippen MR) is 73.0 cm³/mol. The van der Waals surface area contributed by atoms with E-state index in [4.69, 9.17) is 0 Å². The molecule has 1 aliphatic rings. The Morgan fingerprint density at radius 1 is 1.56 bits per heavy atom. The van der Waals surface area contributed by atoms with Crippen molar-refractivity contribution in [1.82, 2.24) is 4.72 Å². The Hall–Kier alpha value is -0.430. The van der Waals surface area contributed by atoms with Crippen LogP contribution in [0.5, 0.6) is 0 Å². The van der Waals surface area contributed by atoms with Crippen molar-refractivity contribution in [3.8, 4) is 0 Å². The van der Waals surface area contributed by atoms with E-state index in [1.165, 1.54) is 11.3 Å². The Labute approximate surface area is 112 Å². The van der Waals surface area contributed by atoms with Crippen molar-refractivity contribution < 1.29 is 13.5 Å². The van der Waals surface area contributed by atoms with E-state index in [1.807, 2.05) is 16.8 Å². The molecule has 0 spiro atoms. The topological polar surface area (TPSA) is 66.4 Å². The van der Waals surface area contributed by atoms with Gasteiger partial charge in [-0.25, -0.2) is 13.1 Å². The van der Waals surface area contributed by atoms with E-state index in [0.29, 0.717) is 5.92 Å². The van der Waals surface area contributed by atoms with Crippen LogP contribution < -0.4 is 4.72 Å². The molecule has 1 atom stereocenters. The smallest absolute Gasteiger partial charge is 0.211 e. The standard InChI is InChI=1S/C12H19NO3S2/c1-12(14,11-4-6-17-8-11)9-13-18(15,16)7-5-10-2-3-10/h4,6,8,10,13-14H,2-3,5,7,9H2,1H3. The van der Waals surface area contributed by atoms with Gasteiger partial charge in [-0.1, -0.05) is 12.8 Å². The molecular weight excluding hydrogens is 270 g/mol. The lowest BCUT2D eigenvalue weighted by molar-refractivity contribution is 0.0632. The van der Waals surface area contributed by atoms with Crippen molar-refractivity contribution in [3.63, 3.8) is 0 Å². The molecule has 102 valence electrons. The van der Waals surface area contributed by atoms with E-state index in [2.05, 4.69) is 4.72 Å². The van der Waals surface area contributed by atoms with Gasteiger partial charge in [0, 0.05) is 6.54 Å². The number of hydrogen-bond donors (Lipinski definition) is 2. The van der Waals surface area contributed by atoms with Gasteiger partial charge in [0.25, 0.3) is 0 Å². The third kappa shape index (κ3) is 4.05. The van der Waals surface area contributed by atoms with Gasteiger partial charge in [0.15, 0.2) is 0 Å². The molecule has 1 unspecified atom stereocenters. The molecule has 6 heteroatoms. The average molecular weight is 289 g/mol. The number of nitrogens with one attached hydrogen (secondary N) is 1. The summed E-state index contributed by atoms with van der Waals surface area (Å²) < 4.78 is 26.0. The summed E-state index contributed by atoms with van der Waals surface area (Å²) in [5.41, 5.74) is -0.399. The van der Waals surface area contributed by atoms with Crippen molar-refractivity contribution in [1.29, 1.82) is 0 Å². The second kappa shape index (κ2) is 5.28. The van der Waals surface area contributed by atoms with Gasteiger partial charge in [0.05, 0.1) is 5.75 Å². The molecule has 1 saturated carbocycles. The van der Waals surface area contributed by atoms with Gasteiger partial charge >= 0.3 is 0 Å². The van der Waals surface area contributed by atoms with Gasteiger partial charge in [-0.15, -0.1) is 0 Å². The highest BCUT2D eigenvalue weighted by Gasteiger charge is 2.27. The lowest BCUT2D eigenvalue weighted by Crippen LogP contribution is -2.39.